The molecule has 4 aromatic rings. The van der Waals surface area contributed by atoms with E-state index in [9.17, 15) is 28.6 Å². The largest absolute Gasteiger partial charge is 0.378 e. The molecule has 1 amide bonds. The van der Waals surface area contributed by atoms with Gasteiger partial charge in [0.2, 0.25) is 0 Å². The van der Waals surface area contributed by atoms with Gasteiger partial charge in [-0.3, -0.25) is 14.9 Å². The highest BCUT2D eigenvalue weighted by atomic mass is 35.5. The number of benzene rings is 4. The lowest BCUT2D eigenvalue weighted by Gasteiger charge is -2.13. The normalized spacial score (nSPS) is 11.6. The number of nitrogens with one attached hydrogen (secondary N) is 1. The predicted octanol–water partition coefficient (Wildman–Crippen LogP) is 6.02. The average Bonchev–Trinajstić information content (AvgIpc) is 2.89. The Bertz CT molecular complexity index is 1760. The van der Waals surface area contributed by atoms with Gasteiger partial charge in [0, 0.05) is 17.7 Å². The fourth-order valence-electron chi connectivity index (χ4n) is 3.57. The maximum Gasteiger partial charge on any atom is 0.339 e. The van der Waals surface area contributed by atoms with Gasteiger partial charge in [-0.05, 0) is 48.0 Å². The van der Waals surface area contributed by atoms with Crippen molar-refractivity contribution in [3.63, 3.8) is 0 Å². The van der Waals surface area contributed by atoms with Crippen molar-refractivity contribution >= 4 is 55.8 Å². The summed E-state index contributed by atoms with van der Waals surface area (Å²) in [5, 5.41) is 24.5. The molecular weight excluding hydrogens is 530 g/mol. The van der Waals surface area contributed by atoms with Crippen LogP contribution in [0.2, 0.25) is 5.02 Å². The number of amides is 1. The number of nitrogens with zero attached hydrogens (tertiary/aromatic N) is 2. The molecule has 0 aliphatic heterocycles. The number of nitro benzene ring substituents is 1. The Kier molecular flexibility index (Phi) is 7.43. The van der Waals surface area contributed by atoms with Crippen molar-refractivity contribution in [2.45, 2.75) is 11.8 Å². The van der Waals surface area contributed by atoms with Gasteiger partial charge >= 0.3 is 10.1 Å². The first-order valence-electron chi connectivity index (χ1n) is 11.0. The van der Waals surface area contributed by atoms with Gasteiger partial charge in [-0.15, -0.1) is 0 Å². The number of anilines is 1. The molecule has 9 nitrogen and oxygen atoms in total. The molecule has 1 N–H and O–H groups in total. The zero-order valence-electron chi connectivity index (χ0n) is 19.7. The van der Waals surface area contributed by atoms with Crippen molar-refractivity contribution in [1.82, 2.24) is 0 Å². The van der Waals surface area contributed by atoms with E-state index in [-0.39, 0.29) is 32.6 Å². The van der Waals surface area contributed by atoms with Crippen LogP contribution in [0.5, 0.6) is 5.75 Å². The van der Waals surface area contributed by atoms with Crippen LogP contribution in [0.4, 0.5) is 11.4 Å². The lowest BCUT2D eigenvalue weighted by molar-refractivity contribution is -0.384. The molecule has 0 spiro atoms. The van der Waals surface area contributed by atoms with E-state index in [1.165, 1.54) is 36.4 Å². The summed E-state index contributed by atoms with van der Waals surface area (Å²) in [6.45, 7) is 1.82. The van der Waals surface area contributed by atoms with Crippen LogP contribution in [0.3, 0.4) is 0 Å². The van der Waals surface area contributed by atoms with Gasteiger partial charge in [-0.2, -0.15) is 13.7 Å². The summed E-state index contributed by atoms with van der Waals surface area (Å²) in [5.74, 6) is -1.01. The molecule has 0 bridgehead atoms. The van der Waals surface area contributed by atoms with Crippen molar-refractivity contribution in [3.8, 4) is 11.8 Å². The van der Waals surface area contributed by atoms with Gasteiger partial charge in [0.05, 0.1) is 15.6 Å². The Balaban J connectivity index is 1.78. The Morgan fingerprint density at radius 1 is 1.08 bits per heavy atom. The van der Waals surface area contributed by atoms with Gasteiger partial charge in [-0.1, -0.05) is 59.6 Å². The lowest BCUT2D eigenvalue weighted by Crippen LogP contribution is -2.14. The maximum absolute atomic E-state index is 13.0. The van der Waals surface area contributed by atoms with E-state index < -0.39 is 26.5 Å². The molecule has 11 heteroatoms. The molecule has 0 saturated heterocycles. The van der Waals surface area contributed by atoms with Gasteiger partial charge in [-0.25, -0.2) is 0 Å². The molecule has 4 aromatic carbocycles. The molecular formula is C27H18ClN3O6S. The van der Waals surface area contributed by atoms with Crippen molar-refractivity contribution in [3.05, 3.63) is 111 Å². The van der Waals surface area contributed by atoms with E-state index in [1.54, 1.807) is 48.5 Å². The minimum absolute atomic E-state index is 0.0274. The Morgan fingerprint density at radius 2 is 1.79 bits per heavy atom. The standard InChI is InChI=1S/C27H18ClN3O6S/c1-17-6-10-21(11-7-17)38(35,36)37-26-13-8-18-4-2-3-5-22(18)23(26)14-19(16-29)27(32)30-25-15-20(31(33)34)9-12-24(25)28/h2-15H,1H3,(H,30,32)/b19-14+. The van der Waals surface area contributed by atoms with Crippen LogP contribution in [0, 0.1) is 28.4 Å². The van der Waals surface area contributed by atoms with E-state index in [0.29, 0.717) is 10.8 Å². The second-order valence-electron chi connectivity index (χ2n) is 8.09. The zero-order chi connectivity index (χ0) is 27.4. The van der Waals surface area contributed by atoms with E-state index in [0.717, 1.165) is 11.6 Å². The zero-order valence-corrected chi connectivity index (χ0v) is 21.3. The number of hydrogen-bond acceptors (Lipinski definition) is 7. The first kappa shape index (κ1) is 26.3. The number of fused-ring (bicyclic) bond motifs is 1. The highest BCUT2D eigenvalue weighted by molar-refractivity contribution is 7.87. The van der Waals surface area contributed by atoms with Crippen LogP contribution in [0.25, 0.3) is 16.8 Å². The van der Waals surface area contributed by atoms with Crippen LogP contribution in [-0.4, -0.2) is 19.2 Å². The fourth-order valence-corrected chi connectivity index (χ4v) is 4.69. The summed E-state index contributed by atoms with van der Waals surface area (Å²) in [5.41, 5.74) is 0.255. The van der Waals surface area contributed by atoms with Gasteiger partial charge in [0.1, 0.15) is 16.5 Å². The molecule has 0 heterocycles. The molecule has 0 aromatic heterocycles. The second-order valence-corrected chi connectivity index (χ2v) is 10.0. The van der Waals surface area contributed by atoms with Crippen molar-refractivity contribution in [1.29, 1.82) is 5.26 Å². The van der Waals surface area contributed by atoms with Gasteiger partial charge in [0.25, 0.3) is 11.6 Å². The first-order valence-corrected chi connectivity index (χ1v) is 12.8. The van der Waals surface area contributed by atoms with Crippen molar-refractivity contribution < 1.29 is 22.3 Å². The molecule has 0 aliphatic carbocycles. The van der Waals surface area contributed by atoms with Crippen LogP contribution in [0.15, 0.2) is 89.3 Å². The topological polar surface area (TPSA) is 139 Å². The third kappa shape index (κ3) is 5.64. The quantitative estimate of drug-likeness (QED) is 0.0980. The number of aryl methyl sites for hydroxylation is 1. The van der Waals surface area contributed by atoms with E-state index >= 15 is 0 Å². The molecule has 0 aliphatic rings. The number of non-ortho nitro benzene ring substituents is 1. The highest BCUT2D eigenvalue weighted by Crippen LogP contribution is 2.33. The van der Waals surface area contributed by atoms with E-state index in [1.807, 2.05) is 6.92 Å². The summed E-state index contributed by atoms with van der Waals surface area (Å²) in [7, 11) is -4.25. The Hall–Kier alpha value is -4.72. The molecule has 0 atom stereocenters. The number of nitriles is 1. The summed E-state index contributed by atoms with van der Waals surface area (Å²) in [4.78, 5) is 23.4. The third-order valence-corrected chi connectivity index (χ3v) is 7.08. The van der Waals surface area contributed by atoms with Gasteiger partial charge in [0.15, 0.2) is 5.75 Å². The molecule has 0 radical (unpaired) electrons. The van der Waals surface area contributed by atoms with E-state index in [4.69, 9.17) is 15.8 Å². The fraction of sp³-hybridized carbons (Fsp3) is 0.0370. The number of hydrogen-bond donors (Lipinski definition) is 1. The average molecular weight is 548 g/mol. The molecule has 4 rings (SSSR count). The second kappa shape index (κ2) is 10.7. The monoisotopic (exact) mass is 547 g/mol. The summed E-state index contributed by atoms with van der Waals surface area (Å²) in [6, 6.07) is 21.4. The number of rotatable bonds is 7. The Morgan fingerprint density at radius 3 is 2.47 bits per heavy atom. The van der Waals surface area contributed by atoms with Crippen LogP contribution < -0.4 is 9.50 Å². The van der Waals surface area contributed by atoms with Crippen molar-refractivity contribution in [2.75, 3.05) is 5.32 Å². The molecule has 190 valence electrons. The summed E-state index contributed by atoms with van der Waals surface area (Å²) in [6.07, 6.45) is 1.20. The number of carbonyl (C=O) groups is 1. The van der Waals surface area contributed by atoms with Gasteiger partial charge < -0.3 is 9.50 Å². The molecule has 0 fully saturated rings. The smallest absolute Gasteiger partial charge is 0.339 e. The Labute approximate surface area is 222 Å². The van der Waals surface area contributed by atoms with Crippen molar-refractivity contribution in [2.24, 2.45) is 0 Å². The van der Waals surface area contributed by atoms with Crippen LogP contribution in [-0.2, 0) is 14.9 Å². The molecule has 38 heavy (non-hydrogen) atoms. The van der Waals surface area contributed by atoms with Crippen LogP contribution >= 0.6 is 11.6 Å². The maximum atomic E-state index is 13.0. The minimum atomic E-state index is -4.25. The van der Waals surface area contributed by atoms with E-state index in [2.05, 4.69) is 5.32 Å². The minimum Gasteiger partial charge on any atom is -0.378 e. The molecule has 0 unspecified atom stereocenters. The predicted molar refractivity (Wildman–Crippen MR) is 143 cm³/mol. The molecule has 0 saturated carbocycles. The first-order chi connectivity index (χ1) is 18.1. The lowest BCUT2D eigenvalue weighted by atomic mass is 10.0. The number of nitro groups is 1. The van der Waals surface area contributed by atoms with Crippen LogP contribution in [0.1, 0.15) is 11.1 Å². The summed E-state index contributed by atoms with van der Waals surface area (Å²) >= 11 is 6.07. The number of halogens is 1. The summed E-state index contributed by atoms with van der Waals surface area (Å²) < 4.78 is 31.5. The third-order valence-electron chi connectivity index (χ3n) is 5.50. The highest BCUT2D eigenvalue weighted by Gasteiger charge is 2.21. The SMILES string of the molecule is Cc1ccc(S(=O)(=O)Oc2ccc3ccccc3c2/C=C(\C#N)C(=O)Nc2cc([N+](=O)[O-])ccc2Cl)cc1. The number of carbonyl (C=O) groups excluding carboxylic acids is 1.